The van der Waals surface area contributed by atoms with Crippen LogP contribution in [-0.4, -0.2) is 34.0 Å². The van der Waals surface area contributed by atoms with E-state index in [0.717, 1.165) is 0 Å². The monoisotopic (exact) mass is 243 g/mol. The molecular weight excluding hydrogens is 235 g/mol. The van der Waals surface area contributed by atoms with E-state index in [1.54, 1.807) is 14.1 Å². The molecule has 0 aromatic carbocycles. The highest BCUT2D eigenvalue weighted by molar-refractivity contribution is 5.74. The van der Waals surface area contributed by atoms with Crippen LogP contribution in [0.5, 0.6) is 0 Å². The van der Waals surface area contributed by atoms with Gasteiger partial charge in [-0.3, -0.25) is 0 Å². The lowest BCUT2D eigenvalue weighted by Crippen LogP contribution is -2.18. The molecule has 0 amide bonds. The minimum absolute atomic E-state index is 0.0506. The van der Waals surface area contributed by atoms with Crippen LogP contribution in [0.2, 0.25) is 0 Å². The first-order valence-corrected chi connectivity index (χ1v) is 4.63. The van der Waals surface area contributed by atoms with Gasteiger partial charge in [0.2, 0.25) is 5.95 Å². The molecule has 0 fully saturated rings. The highest BCUT2D eigenvalue weighted by Crippen LogP contribution is 2.32. The Hall–Kier alpha value is -1.99. The molecular formula is C9H8F3N5. The van der Waals surface area contributed by atoms with Gasteiger partial charge in [0.25, 0.3) is 0 Å². The minimum Gasteiger partial charge on any atom is -0.347 e. The van der Waals surface area contributed by atoms with Crippen molar-refractivity contribution >= 4 is 17.1 Å². The standard InChI is InChI=1S/C9H8F3N5/c1-17(2)8-15-6(9(10,11)12)5-7(16-8)14-4-3-13-5/h3-4H,1-2H3. The third-order valence-electron chi connectivity index (χ3n) is 1.99. The van der Waals surface area contributed by atoms with Crippen LogP contribution in [0.4, 0.5) is 19.1 Å². The fourth-order valence-corrected chi connectivity index (χ4v) is 1.25. The maximum absolute atomic E-state index is 12.8. The highest BCUT2D eigenvalue weighted by Gasteiger charge is 2.36. The summed E-state index contributed by atoms with van der Waals surface area (Å²) in [6, 6.07) is 0. The summed E-state index contributed by atoms with van der Waals surface area (Å²) in [5.41, 5.74) is -1.48. The van der Waals surface area contributed by atoms with Crippen LogP contribution >= 0.6 is 0 Å². The molecule has 2 heterocycles. The molecule has 0 unspecified atom stereocenters. The summed E-state index contributed by atoms with van der Waals surface area (Å²) in [7, 11) is 3.11. The molecule has 0 N–H and O–H groups in total. The van der Waals surface area contributed by atoms with Crippen molar-refractivity contribution in [2.75, 3.05) is 19.0 Å². The van der Waals surface area contributed by atoms with Crippen molar-refractivity contribution in [3.05, 3.63) is 18.1 Å². The number of halogens is 3. The highest BCUT2D eigenvalue weighted by atomic mass is 19.4. The molecule has 0 aliphatic heterocycles. The van der Waals surface area contributed by atoms with Crippen molar-refractivity contribution in [3.63, 3.8) is 0 Å². The Bertz CT molecular complexity index is 552. The molecule has 0 saturated heterocycles. The van der Waals surface area contributed by atoms with Gasteiger partial charge in [0.05, 0.1) is 0 Å². The first kappa shape index (κ1) is 11.5. The molecule has 90 valence electrons. The lowest BCUT2D eigenvalue weighted by atomic mass is 10.3. The van der Waals surface area contributed by atoms with Gasteiger partial charge in [0, 0.05) is 26.5 Å². The average molecular weight is 243 g/mol. The second-order valence-electron chi connectivity index (χ2n) is 3.49. The molecule has 0 spiro atoms. The summed E-state index contributed by atoms with van der Waals surface area (Å²) < 4.78 is 38.4. The molecule has 0 aliphatic carbocycles. The predicted molar refractivity (Wildman–Crippen MR) is 54.5 cm³/mol. The molecule has 17 heavy (non-hydrogen) atoms. The second-order valence-corrected chi connectivity index (χ2v) is 3.49. The summed E-state index contributed by atoms with van der Waals surface area (Å²) in [6.45, 7) is 0. The van der Waals surface area contributed by atoms with E-state index in [0.29, 0.717) is 0 Å². The lowest BCUT2D eigenvalue weighted by Gasteiger charge is -2.13. The third kappa shape index (κ3) is 2.10. The first-order chi connectivity index (χ1) is 7.89. The zero-order chi connectivity index (χ0) is 12.6. The number of hydrogen-bond donors (Lipinski definition) is 0. The molecule has 2 aromatic rings. The number of aromatic nitrogens is 4. The summed E-state index contributed by atoms with van der Waals surface area (Å²) in [5, 5.41) is 0. The SMILES string of the molecule is CN(C)c1nc(C(F)(F)F)c2nccnc2n1. The quantitative estimate of drug-likeness (QED) is 0.759. The number of rotatable bonds is 1. The van der Waals surface area contributed by atoms with Crippen LogP contribution in [0.15, 0.2) is 12.4 Å². The van der Waals surface area contributed by atoms with Gasteiger partial charge >= 0.3 is 6.18 Å². The molecule has 8 heteroatoms. The number of hydrogen-bond acceptors (Lipinski definition) is 5. The smallest absolute Gasteiger partial charge is 0.347 e. The molecule has 0 aliphatic rings. The number of anilines is 1. The summed E-state index contributed by atoms with van der Waals surface area (Å²) in [5.74, 6) is -0.0506. The number of nitrogens with zero attached hydrogens (tertiary/aromatic N) is 5. The van der Waals surface area contributed by atoms with Crippen molar-refractivity contribution in [2.24, 2.45) is 0 Å². The van der Waals surface area contributed by atoms with Gasteiger partial charge in [0.15, 0.2) is 11.3 Å². The van der Waals surface area contributed by atoms with E-state index < -0.39 is 11.9 Å². The summed E-state index contributed by atoms with van der Waals surface area (Å²) >= 11 is 0. The van der Waals surface area contributed by atoms with E-state index in [-0.39, 0.29) is 17.1 Å². The average Bonchev–Trinajstić information content (AvgIpc) is 2.26. The van der Waals surface area contributed by atoms with E-state index >= 15 is 0 Å². The van der Waals surface area contributed by atoms with Crippen molar-refractivity contribution in [1.82, 2.24) is 19.9 Å². The van der Waals surface area contributed by atoms with Crippen LogP contribution in [-0.2, 0) is 6.18 Å². The van der Waals surface area contributed by atoms with Gasteiger partial charge in [-0.1, -0.05) is 0 Å². The van der Waals surface area contributed by atoms with Crippen molar-refractivity contribution in [2.45, 2.75) is 6.18 Å². The lowest BCUT2D eigenvalue weighted by molar-refractivity contribution is -0.139. The van der Waals surface area contributed by atoms with E-state index in [9.17, 15) is 13.2 Å². The minimum atomic E-state index is -4.58. The van der Waals surface area contributed by atoms with Gasteiger partial charge in [0.1, 0.15) is 5.52 Å². The Morgan fingerprint density at radius 1 is 1.06 bits per heavy atom. The maximum atomic E-state index is 12.8. The van der Waals surface area contributed by atoms with Crippen LogP contribution in [0.1, 0.15) is 5.69 Å². The second kappa shape index (κ2) is 3.79. The summed E-state index contributed by atoms with van der Waals surface area (Å²) in [6.07, 6.45) is -2.12. The van der Waals surface area contributed by atoms with E-state index in [4.69, 9.17) is 0 Å². The van der Waals surface area contributed by atoms with Crippen LogP contribution in [0.25, 0.3) is 11.2 Å². The molecule has 2 aromatic heterocycles. The fraction of sp³-hybridized carbons (Fsp3) is 0.333. The Morgan fingerprint density at radius 3 is 2.29 bits per heavy atom. The van der Waals surface area contributed by atoms with E-state index in [1.807, 2.05) is 0 Å². The van der Waals surface area contributed by atoms with Gasteiger partial charge < -0.3 is 4.90 Å². The van der Waals surface area contributed by atoms with Crippen molar-refractivity contribution in [3.8, 4) is 0 Å². The Balaban J connectivity index is 2.79. The van der Waals surface area contributed by atoms with E-state index in [2.05, 4.69) is 19.9 Å². The molecule has 0 saturated carbocycles. The molecule has 2 rings (SSSR count). The van der Waals surface area contributed by atoms with Crippen LogP contribution in [0, 0.1) is 0 Å². The molecule has 0 bridgehead atoms. The van der Waals surface area contributed by atoms with Crippen LogP contribution < -0.4 is 4.90 Å². The maximum Gasteiger partial charge on any atom is 0.435 e. The molecule has 5 nitrogen and oxygen atoms in total. The Labute approximate surface area is 94.3 Å². The normalized spacial score (nSPS) is 11.8. The summed E-state index contributed by atoms with van der Waals surface area (Å²) in [4.78, 5) is 16.1. The van der Waals surface area contributed by atoms with Gasteiger partial charge in [-0.15, -0.1) is 0 Å². The topological polar surface area (TPSA) is 54.8 Å². The van der Waals surface area contributed by atoms with Gasteiger partial charge in [-0.05, 0) is 0 Å². The first-order valence-electron chi connectivity index (χ1n) is 4.63. The Morgan fingerprint density at radius 2 is 1.71 bits per heavy atom. The third-order valence-corrected chi connectivity index (χ3v) is 1.99. The number of alkyl halides is 3. The Kier molecular flexibility index (Phi) is 2.56. The molecule has 0 atom stereocenters. The van der Waals surface area contributed by atoms with Crippen molar-refractivity contribution < 1.29 is 13.2 Å². The van der Waals surface area contributed by atoms with E-state index in [1.165, 1.54) is 17.3 Å². The largest absolute Gasteiger partial charge is 0.435 e. The zero-order valence-corrected chi connectivity index (χ0v) is 9.02. The number of fused-ring (bicyclic) bond motifs is 1. The zero-order valence-electron chi connectivity index (χ0n) is 9.02. The van der Waals surface area contributed by atoms with Crippen LogP contribution in [0.3, 0.4) is 0 Å². The van der Waals surface area contributed by atoms with Crippen molar-refractivity contribution in [1.29, 1.82) is 0 Å². The predicted octanol–water partition coefficient (Wildman–Crippen LogP) is 1.50. The van der Waals surface area contributed by atoms with Gasteiger partial charge in [-0.25, -0.2) is 15.0 Å². The van der Waals surface area contributed by atoms with Gasteiger partial charge in [-0.2, -0.15) is 18.2 Å². The fourth-order valence-electron chi connectivity index (χ4n) is 1.25. The molecule has 0 radical (unpaired) electrons.